The van der Waals surface area contributed by atoms with Crippen molar-refractivity contribution in [3.8, 4) is 44.5 Å². The molecule has 0 N–H and O–H groups in total. The fourth-order valence-electron chi connectivity index (χ4n) is 11.5. The Morgan fingerprint density at radius 1 is 0.239 bits per heavy atom. The molecule has 0 aromatic heterocycles. The van der Waals surface area contributed by atoms with Crippen LogP contribution in [0.25, 0.3) is 76.8 Å². The highest BCUT2D eigenvalue weighted by atomic mass is 15.2. The number of para-hydroxylation sites is 3. The summed E-state index contributed by atoms with van der Waals surface area (Å²) in [4.78, 5) is 4.90. The molecule has 0 heterocycles. The molecule has 1 aliphatic rings. The molecule has 0 aliphatic heterocycles. The van der Waals surface area contributed by atoms with Crippen LogP contribution in [0.15, 0.2) is 267 Å². The van der Waals surface area contributed by atoms with Crippen molar-refractivity contribution in [3.05, 3.63) is 278 Å². The normalized spacial score (nSPS) is 12.5. The first-order valence-electron chi connectivity index (χ1n) is 24.7. The topological polar surface area (TPSA) is 6.48 Å². The quantitative estimate of drug-likeness (QED) is 0.133. The van der Waals surface area contributed by atoms with Gasteiger partial charge in [0.2, 0.25) is 0 Å². The molecule has 336 valence electrons. The summed E-state index contributed by atoms with van der Waals surface area (Å²) in [5.74, 6) is 0. The Balaban J connectivity index is 0.992. The van der Waals surface area contributed by atoms with E-state index < -0.39 is 0 Å². The SMILES string of the molecule is CC1(C)c2ccccc2-c2ccc(N(c3ccc(-c4ccccc4)cc3)c3ccccc3-c3ccccc3-c3ccccc3N(c3ccccc3)c3ccc4c5ccccc5c5ccccc5c4c3)cc21. The summed E-state index contributed by atoms with van der Waals surface area (Å²) < 4.78 is 0. The Kier molecular flexibility index (Phi) is 10.2. The van der Waals surface area contributed by atoms with E-state index in [9.17, 15) is 0 Å². The molecule has 0 bridgehead atoms. The molecule has 0 spiro atoms. The minimum absolute atomic E-state index is 0.156. The molecule has 0 fully saturated rings. The maximum Gasteiger partial charge on any atom is 0.0540 e. The Labute approximate surface area is 416 Å². The third-order valence-electron chi connectivity index (χ3n) is 14.9. The molecule has 13 rings (SSSR count). The summed E-state index contributed by atoms with van der Waals surface area (Å²) in [6.45, 7) is 4.73. The molecule has 0 saturated heterocycles. The van der Waals surface area contributed by atoms with Gasteiger partial charge < -0.3 is 9.80 Å². The number of benzene rings is 12. The van der Waals surface area contributed by atoms with Crippen LogP contribution in [0, 0.1) is 0 Å². The van der Waals surface area contributed by atoms with Gasteiger partial charge in [0.1, 0.15) is 0 Å². The lowest BCUT2D eigenvalue weighted by Crippen LogP contribution is -2.17. The van der Waals surface area contributed by atoms with Crippen molar-refractivity contribution in [1.29, 1.82) is 0 Å². The number of anilines is 6. The lowest BCUT2D eigenvalue weighted by atomic mass is 9.82. The van der Waals surface area contributed by atoms with Crippen molar-refractivity contribution in [2.75, 3.05) is 9.80 Å². The maximum atomic E-state index is 2.46. The zero-order valence-electron chi connectivity index (χ0n) is 39.8. The number of rotatable bonds is 9. The molecule has 2 heteroatoms. The van der Waals surface area contributed by atoms with Gasteiger partial charge in [0.05, 0.1) is 11.4 Å². The highest BCUT2D eigenvalue weighted by Crippen LogP contribution is 2.52. The minimum atomic E-state index is -0.156. The van der Waals surface area contributed by atoms with Gasteiger partial charge in [-0.25, -0.2) is 0 Å². The Morgan fingerprint density at radius 3 is 1.21 bits per heavy atom. The zero-order chi connectivity index (χ0) is 47.5. The largest absolute Gasteiger partial charge is 0.310 e. The van der Waals surface area contributed by atoms with Crippen molar-refractivity contribution in [2.45, 2.75) is 19.3 Å². The molecular weight excluding hydrogens is 857 g/mol. The van der Waals surface area contributed by atoms with E-state index in [1.807, 2.05) is 0 Å². The first-order chi connectivity index (χ1) is 35.0. The van der Waals surface area contributed by atoms with Crippen LogP contribution >= 0.6 is 0 Å². The van der Waals surface area contributed by atoms with Gasteiger partial charge in [-0.2, -0.15) is 0 Å². The Morgan fingerprint density at radius 2 is 0.620 bits per heavy atom. The van der Waals surface area contributed by atoms with Gasteiger partial charge >= 0.3 is 0 Å². The smallest absolute Gasteiger partial charge is 0.0540 e. The molecule has 0 unspecified atom stereocenters. The van der Waals surface area contributed by atoms with Crippen LogP contribution in [-0.2, 0) is 5.41 Å². The zero-order valence-corrected chi connectivity index (χ0v) is 39.8. The summed E-state index contributed by atoms with van der Waals surface area (Å²) in [6.07, 6.45) is 0. The predicted octanol–water partition coefficient (Wildman–Crippen LogP) is 19.4. The van der Waals surface area contributed by atoms with E-state index in [2.05, 4.69) is 291 Å². The van der Waals surface area contributed by atoms with E-state index in [1.54, 1.807) is 0 Å². The summed E-state index contributed by atoms with van der Waals surface area (Å²) in [5.41, 5.74) is 18.8. The predicted molar refractivity (Wildman–Crippen MR) is 302 cm³/mol. The van der Waals surface area contributed by atoms with Gasteiger partial charge in [-0.1, -0.05) is 220 Å². The summed E-state index contributed by atoms with van der Waals surface area (Å²) >= 11 is 0. The molecule has 0 saturated carbocycles. The standard InChI is InChI=1S/C69H50N2/c1-69(2)65-34-18-15-31-60(65)61-44-42-52(46-66(61)69)71(50-39-37-48(38-40-50)47-21-5-3-6-22-47)68-36-20-17-33-63(68)57-29-13-12-28-56(57)62-32-16-19-35-67(62)70(49-23-7-4-8-24-49)51-41-43-59-55-27-10-9-25-53(55)54-26-11-14-30-58(54)64(59)45-51/h3-46H,1-2H3. The lowest BCUT2D eigenvalue weighted by Gasteiger charge is -2.31. The molecule has 71 heavy (non-hydrogen) atoms. The summed E-state index contributed by atoms with van der Waals surface area (Å²) in [6, 6.07) is 98.0. The van der Waals surface area contributed by atoms with Gasteiger partial charge in [0.15, 0.2) is 0 Å². The van der Waals surface area contributed by atoms with Crippen LogP contribution in [0.4, 0.5) is 34.1 Å². The number of hydrogen-bond acceptors (Lipinski definition) is 2. The number of nitrogens with zero attached hydrogens (tertiary/aromatic N) is 2. The van der Waals surface area contributed by atoms with Crippen LogP contribution in [0.5, 0.6) is 0 Å². The van der Waals surface area contributed by atoms with Crippen molar-refractivity contribution < 1.29 is 0 Å². The summed E-state index contributed by atoms with van der Waals surface area (Å²) in [5, 5.41) is 7.55. The first-order valence-corrected chi connectivity index (χ1v) is 24.7. The van der Waals surface area contributed by atoms with Crippen LogP contribution < -0.4 is 9.80 Å². The van der Waals surface area contributed by atoms with Crippen molar-refractivity contribution >= 4 is 66.4 Å². The second-order valence-electron chi connectivity index (χ2n) is 19.2. The molecule has 0 radical (unpaired) electrons. The number of hydrogen-bond donors (Lipinski definition) is 0. The first kappa shape index (κ1) is 42.1. The Hall–Kier alpha value is -8.98. The molecule has 1 aliphatic carbocycles. The van der Waals surface area contributed by atoms with Gasteiger partial charge in [-0.05, 0) is 137 Å². The monoisotopic (exact) mass is 906 g/mol. The van der Waals surface area contributed by atoms with Crippen LogP contribution in [0.3, 0.4) is 0 Å². The van der Waals surface area contributed by atoms with Crippen molar-refractivity contribution in [2.24, 2.45) is 0 Å². The van der Waals surface area contributed by atoms with E-state index in [0.717, 1.165) is 56.4 Å². The molecule has 12 aromatic rings. The third-order valence-corrected chi connectivity index (χ3v) is 14.9. The Bertz CT molecular complexity index is 3930. The van der Waals surface area contributed by atoms with Gasteiger partial charge in [-0.3, -0.25) is 0 Å². The van der Waals surface area contributed by atoms with E-state index in [-0.39, 0.29) is 5.41 Å². The van der Waals surface area contributed by atoms with Crippen molar-refractivity contribution in [1.82, 2.24) is 0 Å². The molecular formula is C69H50N2. The third kappa shape index (κ3) is 7.10. The van der Waals surface area contributed by atoms with Crippen LogP contribution in [-0.4, -0.2) is 0 Å². The fourth-order valence-corrected chi connectivity index (χ4v) is 11.5. The average molecular weight is 907 g/mol. The van der Waals surface area contributed by atoms with Crippen LogP contribution in [0.2, 0.25) is 0 Å². The fraction of sp³-hybridized carbons (Fsp3) is 0.0435. The highest BCUT2D eigenvalue weighted by molar-refractivity contribution is 6.26. The average Bonchev–Trinajstić information content (AvgIpc) is 3.67. The van der Waals surface area contributed by atoms with E-state index in [0.29, 0.717) is 0 Å². The van der Waals surface area contributed by atoms with Crippen molar-refractivity contribution in [3.63, 3.8) is 0 Å². The maximum absolute atomic E-state index is 2.46. The highest BCUT2D eigenvalue weighted by Gasteiger charge is 2.36. The molecule has 2 nitrogen and oxygen atoms in total. The van der Waals surface area contributed by atoms with Crippen LogP contribution in [0.1, 0.15) is 25.0 Å². The molecule has 0 atom stereocenters. The molecule has 0 amide bonds. The van der Waals surface area contributed by atoms with Gasteiger partial charge in [0, 0.05) is 39.3 Å². The van der Waals surface area contributed by atoms with E-state index in [4.69, 9.17) is 0 Å². The molecule has 12 aromatic carbocycles. The van der Waals surface area contributed by atoms with E-state index >= 15 is 0 Å². The van der Waals surface area contributed by atoms with E-state index in [1.165, 1.54) is 65.7 Å². The number of fused-ring (bicyclic) bond motifs is 9. The second kappa shape index (κ2) is 17.2. The minimum Gasteiger partial charge on any atom is -0.310 e. The summed E-state index contributed by atoms with van der Waals surface area (Å²) in [7, 11) is 0. The van der Waals surface area contributed by atoms with Gasteiger partial charge in [-0.15, -0.1) is 0 Å². The second-order valence-corrected chi connectivity index (χ2v) is 19.2. The van der Waals surface area contributed by atoms with Gasteiger partial charge in [0.25, 0.3) is 0 Å². The lowest BCUT2D eigenvalue weighted by molar-refractivity contribution is 0.660.